The maximum absolute atomic E-state index is 12.2. The second-order valence-corrected chi connectivity index (χ2v) is 4.93. The van der Waals surface area contributed by atoms with E-state index in [-0.39, 0.29) is 5.91 Å². The molecular formula is C13H11N5OS. The summed E-state index contributed by atoms with van der Waals surface area (Å²) in [5.74, 6) is 0.456. The van der Waals surface area contributed by atoms with Crippen molar-refractivity contribution in [2.75, 3.05) is 5.32 Å². The normalized spacial score (nSPS) is 10.4. The third-order valence-corrected chi connectivity index (χ3v) is 3.46. The van der Waals surface area contributed by atoms with E-state index in [2.05, 4.69) is 20.4 Å². The van der Waals surface area contributed by atoms with Crippen LogP contribution < -0.4 is 5.32 Å². The summed E-state index contributed by atoms with van der Waals surface area (Å²) >= 11 is 1.37. The summed E-state index contributed by atoms with van der Waals surface area (Å²) in [5.41, 5.74) is 1.24. The number of hydrogen-bond acceptors (Lipinski definition) is 5. The summed E-state index contributed by atoms with van der Waals surface area (Å²) in [6.07, 6.45) is 4.86. The predicted octanol–water partition coefficient (Wildman–Crippen LogP) is 2.28. The fourth-order valence-electron chi connectivity index (χ4n) is 1.79. The molecule has 0 aliphatic carbocycles. The van der Waals surface area contributed by atoms with Crippen molar-refractivity contribution >= 4 is 22.4 Å². The molecule has 3 aromatic rings. The maximum Gasteiger partial charge on any atom is 0.260 e. The highest BCUT2D eigenvalue weighted by molar-refractivity contribution is 7.13. The maximum atomic E-state index is 12.2. The highest BCUT2D eigenvalue weighted by Gasteiger charge is 2.16. The summed E-state index contributed by atoms with van der Waals surface area (Å²) in [6, 6.07) is 5.54. The van der Waals surface area contributed by atoms with E-state index in [4.69, 9.17) is 0 Å². The molecule has 3 rings (SSSR count). The zero-order chi connectivity index (χ0) is 13.9. The lowest BCUT2D eigenvalue weighted by Crippen LogP contribution is -2.13. The number of nitrogens with zero attached hydrogens (tertiary/aromatic N) is 4. The zero-order valence-corrected chi connectivity index (χ0v) is 11.5. The zero-order valence-electron chi connectivity index (χ0n) is 10.6. The number of carbonyl (C=O) groups excluding carboxylic acids is 1. The van der Waals surface area contributed by atoms with E-state index in [1.807, 2.05) is 25.1 Å². The molecule has 0 aliphatic heterocycles. The van der Waals surface area contributed by atoms with Gasteiger partial charge in [0.25, 0.3) is 5.91 Å². The van der Waals surface area contributed by atoms with Crippen LogP contribution in [0.15, 0.2) is 42.2 Å². The van der Waals surface area contributed by atoms with Crippen molar-refractivity contribution < 1.29 is 4.79 Å². The SMILES string of the molecule is Cc1c(C(=O)Nc2nccs2)cnn1-c1ccccn1. The Balaban J connectivity index is 1.89. The first-order chi connectivity index (χ1) is 9.75. The largest absolute Gasteiger partial charge is 0.298 e. The monoisotopic (exact) mass is 285 g/mol. The number of amides is 1. The number of rotatable bonds is 3. The third kappa shape index (κ3) is 2.30. The summed E-state index contributed by atoms with van der Waals surface area (Å²) in [6.45, 7) is 1.83. The van der Waals surface area contributed by atoms with Gasteiger partial charge in [-0.25, -0.2) is 14.6 Å². The fraction of sp³-hybridized carbons (Fsp3) is 0.0769. The number of pyridine rings is 1. The average Bonchev–Trinajstić information content (AvgIpc) is 3.09. The first-order valence-electron chi connectivity index (χ1n) is 5.92. The first kappa shape index (κ1) is 12.5. The van der Waals surface area contributed by atoms with E-state index < -0.39 is 0 Å². The van der Waals surface area contributed by atoms with Crippen molar-refractivity contribution in [1.82, 2.24) is 19.7 Å². The van der Waals surface area contributed by atoms with Crippen LogP contribution in [0.5, 0.6) is 0 Å². The summed E-state index contributed by atoms with van der Waals surface area (Å²) in [4.78, 5) is 20.4. The lowest BCUT2D eigenvalue weighted by Gasteiger charge is -2.04. The molecule has 0 aliphatic rings. The van der Waals surface area contributed by atoms with E-state index in [1.54, 1.807) is 22.5 Å². The summed E-state index contributed by atoms with van der Waals surface area (Å²) in [7, 11) is 0. The van der Waals surface area contributed by atoms with Gasteiger partial charge in [0.05, 0.1) is 17.5 Å². The predicted molar refractivity (Wildman–Crippen MR) is 76.2 cm³/mol. The molecule has 3 heterocycles. The van der Waals surface area contributed by atoms with E-state index >= 15 is 0 Å². The van der Waals surface area contributed by atoms with Crippen LogP contribution in [0.25, 0.3) is 5.82 Å². The molecule has 0 bridgehead atoms. The molecule has 0 atom stereocenters. The molecule has 1 amide bonds. The fourth-order valence-corrected chi connectivity index (χ4v) is 2.32. The molecule has 0 radical (unpaired) electrons. The number of thiazole rings is 1. The number of anilines is 1. The molecule has 20 heavy (non-hydrogen) atoms. The van der Waals surface area contributed by atoms with Gasteiger partial charge in [0.15, 0.2) is 10.9 Å². The Morgan fingerprint density at radius 2 is 2.20 bits per heavy atom. The molecule has 3 aromatic heterocycles. The van der Waals surface area contributed by atoms with Crippen LogP contribution in [-0.4, -0.2) is 25.7 Å². The first-order valence-corrected chi connectivity index (χ1v) is 6.80. The van der Waals surface area contributed by atoms with Crippen LogP contribution in [0.4, 0.5) is 5.13 Å². The number of nitrogens with one attached hydrogen (secondary N) is 1. The molecule has 100 valence electrons. The van der Waals surface area contributed by atoms with Crippen molar-refractivity contribution in [2.45, 2.75) is 6.92 Å². The van der Waals surface area contributed by atoms with Gasteiger partial charge in [0.1, 0.15) is 0 Å². The number of hydrogen-bond donors (Lipinski definition) is 1. The minimum atomic E-state index is -0.223. The molecule has 0 saturated heterocycles. The van der Waals surface area contributed by atoms with Crippen LogP contribution in [0, 0.1) is 6.92 Å². The number of carbonyl (C=O) groups is 1. The van der Waals surface area contributed by atoms with Gasteiger partial charge in [-0.2, -0.15) is 5.10 Å². The van der Waals surface area contributed by atoms with Gasteiger partial charge in [0.2, 0.25) is 0 Å². The molecule has 6 nitrogen and oxygen atoms in total. The molecule has 0 aromatic carbocycles. The molecule has 7 heteroatoms. The van der Waals surface area contributed by atoms with Gasteiger partial charge >= 0.3 is 0 Å². The standard InChI is InChI=1S/C13H11N5OS/c1-9-10(12(19)17-13-15-6-7-20-13)8-16-18(9)11-4-2-3-5-14-11/h2-8H,1H3,(H,15,17,19). The highest BCUT2D eigenvalue weighted by Crippen LogP contribution is 2.16. The Kier molecular flexibility index (Phi) is 3.26. The Hall–Kier alpha value is -2.54. The Bertz CT molecular complexity index is 721. The third-order valence-electron chi connectivity index (χ3n) is 2.77. The van der Waals surface area contributed by atoms with E-state index in [9.17, 15) is 4.79 Å². The van der Waals surface area contributed by atoms with E-state index in [0.717, 1.165) is 5.69 Å². The smallest absolute Gasteiger partial charge is 0.260 e. The quantitative estimate of drug-likeness (QED) is 0.801. The number of aromatic nitrogens is 4. The van der Waals surface area contributed by atoms with Gasteiger partial charge in [-0.3, -0.25) is 10.1 Å². The van der Waals surface area contributed by atoms with Crippen molar-refractivity contribution in [3.63, 3.8) is 0 Å². The van der Waals surface area contributed by atoms with Crippen molar-refractivity contribution in [3.05, 3.63) is 53.4 Å². The van der Waals surface area contributed by atoms with Crippen LogP contribution in [0.3, 0.4) is 0 Å². The van der Waals surface area contributed by atoms with Crippen LogP contribution in [0.1, 0.15) is 16.1 Å². The minimum Gasteiger partial charge on any atom is -0.298 e. The molecule has 0 unspecified atom stereocenters. The van der Waals surface area contributed by atoms with Crippen LogP contribution >= 0.6 is 11.3 Å². The Labute approximate surface area is 119 Å². The second kappa shape index (κ2) is 5.22. The van der Waals surface area contributed by atoms with Crippen molar-refractivity contribution in [2.24, 2.45) is 0 Å². The van der Waals surface area contributed by atoms with Gasteiger partial charge in [-0.15, -0.1) is 11.3 Å². The minimum absolute atomic E-state index is 0.223. The van der Waals surface area contributed by atoms with E-state index in [0.29, 0.717) is 16.5 Å². The summed E-state index contributed by atoms with van der Waals surface area (Å²) in [5, 5.41) is 9.33. The van der Waals surface area contributed by atoms with Crippen LogP contribution in [0.2, 0.25) is 0 Å². The second-order valence-electron chi connectivity index (χ2n) is 4.03. The van der Waals surface area contributed by atoms with Crippen molar-refractivity contribution in [1.29, 1.82) is 0 Å². The summed E-state index contributed by atoms with van der Waals surface area (Å²) < 4.78 is 1.64. The van der Waals surface area contributed by atoms with Gasteiger partial charge < -0.3 is 0 Å². The lowest BCUT2D eigenvalue weighted by molar-refractivity contribution is 0.102. The molecule has 0 fully saturated rings. The Morgan fingerprint density at radius 3 is 2.90 bits per heavy atom. The molecular weight excluding hydrogens is 274 g/mol. The lowest BCUT2D eigenvalue weighted by atomic mass is 10.2. The molecule has 1 N–H and O–H groups in total. The molecule has 0 saturated carbocycles. The highest BCUT2D eigenvalue weighted by atomic mass is 32.1. The van der Waals surface area contributed by atoms with Gasteiger partial charge in [-0.1, -0.05) is 6.07 Å². The van der Waals surface area contributed by atoms with Crippen LogP contribution in [-0.2, 0) is 0 Å². The average molecular weight is 285 g/mol. The van der Waals surface area contributed by atoms with Crippen molar-refractivity contribution in [3.8, 4) is 5.82 Å². The topological polar surface area (TPSA) is 72.7 Å². The molecule has 0 spiro atoms. The van der Waals surface area contributed by atoms with Gasteiger partial charge in [0, 0.05) is 17.8 Å². The van der Waals surface area contributed by atoms with E-state index in [1.165, 1.54) is 17.5 Å². The van der Waals surface area contributed by atoms with Gasteiger partial charge in [-0.05, 0) is 19.1 Å². The Morgan fingerprint density at radius 1 is 1.30 bits per heavy atom.